The molecule has 1 N–H and O–H groups in total. The highest BCUT2D eigenvalue weighted by Crippen LogP contribution is 2.44. The first-order chi connectivity index (χ1) is 17.8. The van der Waals surface area contributed by atoms with Crippen LogP contribution in [0.1, 0.15) is 16.7 Å². The summed E-state index contributed by atoms with van der Waals surface area (Å²) >= 11 is 12.2. The average molecular weight is 584 g/mol. The summed E-state index contributed by atoms with van der Waals surface area (Å²) < 4.78 is 84.2. The molecule has 0 fully saturated rings. The van der Waals surface area contributed by atoms with E-state index in [-0.39, 0.29) is 27.2 Å². The van der Waals surface area contributed by atoms with Crippen molar-refractivity contribution in [2.24, 2.45) is 0 Å². The van der Waals surface area contributed by atoms with Gasteiger partial charge in [-0.1, -0.05) is 77.8 Å². The zero-order chi connectivity index (χ0) is 27.7. The van der Waals surface area contributed by atoms with E-state index in [1.807, 2.05) is 0 Å². The van der Waals surface area contributed by atoms with Gasteiger partial charge in [-0.25, -0.2) is 12.8 Å². The quantitative estimate of drug-likeness (QED) is 0.232. The Kier molecular flexibility index (Phi) is 7.76. The van der Waals surface area contributed by atoms with Crippen LogP contribution in [0.25, 0.3) is 0 Å². The van der Waals surface area contributed by atoms with Gasteiger partial charge in [0.2, 0.25) is 5.60 Å². The molecule has 0 aliphatic carbocycles. The molecular weight excluding hydrogens is 565 g/mol. The Morgan fingerprint density at radius 1 is 0.789 bits per heavy atom. The number of alkyl halides is 3. The zero-order valence-corrected chi connectivity index (χ0v) is 21.7. The topological polar surface area (TPSA) is 57.6 Å². The molecule has 0 amide bonds. The van der Waals surface area contributed by atoms with Gasteiger partial charge < -0.3 is 5.11 Å². The summed E-state index contributed by atoms with van der Waals surface area (Å²) in [6.07, 6.45) is -5.08. The largest absolute Gasteiger partial charge is 0.425 e. The number of benzene rings is 4. The normalized spacial score (nSPS) is 13.7. The minimum absolute atomic E-state index is 0.0216. The van der Waals surface area contributed by atoms with Crippen molar-refractivity contribution in [2.45, 2.75) is 23.2 Å². The molecule has 198 valence electrons. The molecule has 38 heavy (non-hydrogen) atoms. The summed E-state index contributed by atoms with van der Waals surface area (Å²) in [6.45, 7) is -0.299. The first-order valence-electron chi connectivity index (χ1n) is 11.0. The van der Waals surface area contributed by atoms with Crippen molar-refractivity contribution in [1.29, 1.82) is 0 Å². The van der Waals surface area contributed by atoms with E-state index in [1.165, 1.54) is 42.5 Å². The molecule has 4 nitrogen and oxygen atoms in total. The lowest BCUT2D eigenvalue weighted by atomic mass is 9.85. The van der Waals surface area contributed by atoms with Crippen LogP contribution < -0.4 is 4.31 Å². The number of hydrogen-bond acceptors (Lipinski definition) is 3. The van der Waals surface area contributed by atoms with Gasteiger partial charge in [0.1, 0.15) is 10.7 Å². The number of anilines is 1. The summed E-state index contributed by atoms with van der Waals surface area (Å²) in [5.74, 6) is -0.530. The molecule has 1 atom stereocenters. The fourth-order valence-corrected chi connectivity index (χ4v) is 6.10. The van der Waals surface area contributed by atoms with Crippen LogP contribution in [-0.4, -0.2) is 19.7 Å². The number of hydrogen-bond donors (Lipinski definition) is 1. The fourth-order valence-electron chi connectivity index (χ4n) is 3.91. The highest BCUT2D eigenvalue weighted by Gasteiger charge is 2.56. The van der Waals surface area contributed by atoms with Crippen molar-refractivity contribution >= 4 is 38.9 Å². The molecule has 0 radical (unpaired) electrons. The van der Waals surface area contributed by atoms with Crippen molar-refractivity contribution in [3.63, 3.8) is 0 Å². The molecule has 0 aliphatic heterocycles. The van der Waals surface area contributed by atoms with Gasteiger partial charge in [0, 0.05) is 5.02 Å². The summed E-state index contributed by atoms with van der Waals surface area (Å²) in [5.41, 5.74) is -3.88. The molecule has 0 bridgehead atoms. The maximum atomic E-state index is 14.1. The monoisotopic (exact) mass is 583 g/mol. The Morgan fingerprint density at radius 2 is 1.37 bits per heavy atom. The first kappa shape index (κ1) is 27.9. The van der Waals surface area contributed by atoms with Crippen LogP contribution in [0, 0.1) is 5.82 Å². The second-order valence-electron chi connectivity index (χ2n) is 8.33. The van der Waals surface area contributed by atoms with Crippen molar-refractivity contribution in [2.75, 3.05) is 4.31 Å². The van der Waals surface area contributed by atoms with E-state index in [0.717, 1.165) is 58.9 Å². The van der Waals surface area contributed by atoms with Gasteiger partial charge in [-0.05, 0) is 59.2 Å². The van der Waals surface area contributed by atoms with Crippen molar-refractivity contribution < 1.29 is 31.1 Å². The Balaban J connectivity index is 1.83. The van der Waals surface area contributed by atoms with Gasteiger partial charge >= 0.3 is 6.18 Å². The molecule has 4 rings (SSSR count). The fraction of sp³-hybridized carbons (Fsp3) is 0.111. The van der Waals surface area contributed by atoms with E-state index < -0.39 is 38.7 Å². The lowest BCUT2D eigenvalue weighted by molar-refractivity contribution is -0.248. The average Bonchev–Trinajstić information content (AvgIpc) is 2.89. The second-order valence-corrected chi connectivity index (χ2v) is 11.0. The number of halogens is 6. The zero-order valence-electron chi connectivity index (χ0n) is 19.3. The van der Waals surface area contributed by atoms with Gasteiger partial charge in [0.05, 0.1) is 17.3 Å². The third kappa shape index (κ3) is 5.37. The van der Waals surface area contributed by atoms with E-state index in [0.29, 0.717) is 5.56 Å². The summed E-state index contributed by atoms with van der Waals surface area (Å²) in [7, 11) is -4.41. The number of sulfonamides is 1. The molecule has 0 heterocycles. The van der Waals surface area contributed by atoms with Crippen LogP contribution in [-0.2, 0) is 22.2 Å². The lowest BCUT2D eigenvalue weighted by Crippen LogP contribution is -2.43. The van der Waals surface area contributed by atoms with Crippen molar-refractivity contribution in [1.82, 2.24) is 0 Å². The van der Waals surface area contributed by atoms with E-state index in [4.69, 9.17) is 23.2 Å². The third-order valence-electron chi connectivity index (χ3n) is 5.88. The molecule has 0 aromatic heterocycles. The SMILES string of the molecule is O=S(=O)(c1cc(Cl)ccc1Cl)N(Cc1ccc(F)cc1)c1ccc(C(O)(c2ccccc2)C(F)(F)F)cc1. The van der Waals surface area contributed by atoms with Crippen LogP contribution >= 0.6 is 23.2 Å². The summed E-state index contributed by atoms with van der Waals surface area (Å²) in [6, 6.07) is 19.8. The number of rotatable bonds is 7. The smallest absolute Gasteiger partial charge is 0.372 e. The van der Waals surface area contributed by atoms with Crippen LogP contribution in [0.15, 0.2) is 102 Å². The molecule has 0 saturated heterocycles. The standard InChI is InChI=1S/C27H19Cl2F4NO3S/c28-21-10-15-24(29)25(16-21)38(36,37)34(17-18-6-11-22(30)12-7-18)23-13-8-20(9-14-23)26(35,27(31,32)33)19-4-2-1-3-5-19/h1-16,35H,17H2. The molecule has 11 heteroatoms. The molecule has 0 saturated carbocycles. The molecule has 1 unspecified atom stereocenters. The summed E-state index contributed by atoms with van der Waals surface area (Å²) in [5, 5.41) is 10.8. The van der Waals surface area contributed by atoms with Gasteiger partial charge in [0.15, 0.2) is 0 Å². The lowest BCUT2D eigenvalue weighted by Gasteiger charge is -2.32. The van der Waals surface area contributed by atoms with Gasteiger partial charge in [-0.15, -0.1) is 0 Å². The molecule has 4 aromatic carbocycles. The predicted octanol–water partition coefficient (Wildman–Crippen LogP) is 7.33. The highest BCUT2D eigenvalue weighted by atomic mass is 35.5. The van der Waals surface area contributed by atoms with Crippen molar-refractivity contribution in [3.8, 4) is 0 Å². The Labute approximate surface area is 226 Å². The van der Waals surface area contributed by atoms with Gasteiger partial charge in [-0.2, -0.15) is 13.2 Å². The minimum Gasteiger partial charge on any atom is -0.372 e. The van der Waals surface area contributed by atoms with E-state index in [2.05, 4.69) is 0 Å². The van der Waals surface area contributed by atoms with Gasteiger partial charge in [0.25, 0.3) is 10.0 Å². The van der Waals surface area contributed by atoms with E-state index in [9.17, 15) is 31.1 Å². The molecule has 0 aliphatic rings. The van der Waals surface area contributed by atoms with E-state index >= 15 is 0 Å². The van der Waals surface area contributed by atoms with Crippen LogP contribution in [0.5, 0.6) is 0 Å². The number of aliphatic hydroxyl groups is 1. The Hall–Kier alpha value is -3.11. The van der Waals surface area contributed by atoms with Crippen LogP contribution in [0.3, 0.4) is 0 Å². The second kappa shape index (κ2) is 10.6. The molecule has 0 spiro atoms. The van der Waals surface area contributed by atoms with Crippen LogP contribution in [0.4, 0.5) is 23.2 Å². The Morgan fingerprint density at radius 3 is 1.95 bits per heavy atom. The number of nitrogens with zero attached hydrogens (tertiary/aromatic N) is 1. The van der Waals surface area contributed by atoms with E-state index in [1.54, 1.807) is 0 Å². The highest BCUT2D eigenvalue weighted by molar-refractivity contribution is 7.93. The molecule has 4 aromatic rings. The molecular formula is C27H19Cl2F4NO3S. The summed E-state index contributed by atoms with van der Waals surface area (Å²) in [4.78, 5) is -0.325. The maximum Gasteiger partial charge on any atom is 0.425 e. The van der Waals surface area contributed by atoms with Gasteiger partial charge in [-0.3, -0.25) is 4.31 Å². The van der Waals surface area contributed by atoms with Crippen molar-refractivity contribution in [3.05, 3.63) is 130 Å². The Bertz CT molecular complexity index is 1530. The first-order valence-corrected chi connectivity index (χ1v) is 13.2. The predicted molar refractivity (Wildman–Crippen MR) is 138 cm³/mol. The third-order valence-corrected chi connectivity index (χ3v) is 8.37. The van der Waals surface area contributed by atoms with Crippen LogP contribution in [0.2, 0.25) is 10.0 Å². The minimum atomic E-state index is -5.08. The maximum absolute atomic E-state index is 14.1.